The van der Waals surface area contributed by atoms with Crippen molar-refractivity contribution < 1.29 is 0 Å². The summed E-state index contributed by atoms with van der Waals surface area (Å²) in [6.07, 6.45) is 6.47. The number of piperazine rings is 1. The van der Waals surface area contributed by atoms with Crippen molar-refractivity contribution in [1.82, 2.24) is 30.6 Å². The molecule has 2 fully saturated rings. The van der Waals surface area contributed by atoms with Crippen LogP contribution in [0.2, 0.25) is 0 Å². The number of tetrazole rings is 1. The van der Waals surface area contributed by atoms with E-state index < -0.39 is 0 Å². The molecule has 0 atom stereocenters. The Morgan fingerprint density at radius 3 is 2.95 bits per heavy atom. The van der Waals surface area contributed by atoms with Crippen molar-refractivity contribution in [1.29, 1.82) is 0 Å². The molecule has 0 amide bonds. The minimum absolute atomic E-state index is 0.227. The topological polar surface area (TPSA) is 71.2 Å². The number of fused-ring (bicyclic) bond motifs is 1. The lowest BCUT2D eigenvalue weighted by molar-refractivity contribution is 0.239. The molecule has 0 unspecified atom stereocenters. The van der Waals surface area contributed by atoms with E-state index in [9.17, 15) is 0 Å². The van der Waals surface area contributed by atoms with E-state index in [1.807, 2.05) is 12.1 Å². The first-order valence-electron chi connectivity index (χ1n) is 7.41. The molecule has 2 aromatic heterocycles. The smallest absolute Gasteiger partial charge is 0.200 e. The average molecular weight is 273 g/mol. The molecule has 0 radical (unpaired) electrons. The van der Waals surface area contributed by atoms with E-state index in [0.29, 0.717) is 5.65 Å². The highest BCUT2D eigenvalue weighted by molar-refractivity contribution is 5.47. The number of aromatic nitrogens is 5. The minimum atomic E-state index is 0.227. The fourth-order valence-electron chi connectivity index (χ4n) is 3.64. The standard InChI is InChI=1S/C13H19N7/c1-2-6-13(7-3-1)10-14-8-9-19(13)12-5-4-11-15-17-18-20(11)16-12/h4-5,14H,1-3,6-10H2. The normalized spacial score (nSPS) is 22.5. The lowest BCUT2D eigenvalue weighted by atomic mass is 9.79. The number of rotatable bonds is 1. The summed E-state index contributed by atoms with van der Waals surface area (Å²) in [6, 6.07) is 3.99. The molecule has 2 aliphatic rings. The number of nitrogens with one attached hydrogen (secondary N) is 1. The van der Waals surface area contributed by atoms with E-state index in [1.54, 1.807) is 0 Å². The van der Waals surface area contributed by atoms with Crippen LogP contribution in [0.4, 0.5) is 5.82 Å². The molecule has 1 aliphatic heterocycles. The highest BCUT2D eigenvalue weighted by Crippen LogP contribution is 2.36. The Morgan fingerprint density at radius 2 is 2.05 bits per heavy atom. The summed E-state index contributed by atoms with van der Waals surface area (Å²) < 4.78 is 1.52. The van der Waals surface area contributed by atoms with Crippen molar-refractivity contribution in [3.05, 3.63) is 12.1 Å². The summed E-state index contributed by atoms with van der Waals surface area (Å²) in [5.74, 6) is 0.994. The molecule has 1 saturated carbocycles. The van der Waals surface area contributed by atoms with Crippen molar-refractivity contribution in [2.24, 2.45) is 0 Å². The van der Waals surface area contributed by atoms with Gasteiger partial charge in [0.1, 0.15) is 0 Å². The molecule has 3 heterocycles. The second-order valence-electron chi connectivity index (χ2n) is 5.83. The van der Waals surface area contributed by atoms with Crippen LogP contribution >= 0.6 is 0 Å². The van der Waals surface area contributed by atoms with Crippen molar-refractivity contribution in [3.8, 4) is 0 Å². The van der Waals surface area contributed by atoms with Crippen molar-refractivity contribution >= 4 is 11.5 Å². The van der Waals surface area contributed by atoms with Crippen molar-refractivity contribution in [2.45, 2.75) is 37.6 Å². The van der Waals surface area contributed by atoms with Gasteiger partial charge in [-0.2, -0.15) is 0 Å². The van der Waals surface area contributed by atoms with Crippen LogP contribution in [0.3, 0.4) is 0 Å². The van der Waals surface area contributed by atoms with Gasteiger partial charge in [0.05, 0.1) is 5.54 Å². The first-order valence-corrected chi connectivity index (χ1v) is 7.41. The maximum absolute atomic E-state index is 4.59. The molecular weight excluding hydrogens is 254 g/mol. The second kappa shape index (κ2) is 4.66. The highest BCUT2D eigenvalue weighted by atomic mass is 15.6. The third-order valence-corrected chi connectivity index (χ3v) is 4.66. The fourth-order valence-corrected chi connectivity index (χ4v) is 3.64. The van der Waals surface area contributed by atoms with Gasteiger partial charge in [-0.05, 0) is 35.4 Å². The zero-order valence-electron chi connectivity index (χ0n) is 11.5. The van der Waals surface area contributed by atoms with E-state index >= 15 is 0 Å². The van der Waals surface area contributed by atoms with E-state index in [2.05, 4.69) is 30.8 Å². The Balaban J connectivity index is 1.73. The average Bonchev–Trinajstić information content (AvgIpc) is 2.96. The van der Waals surface area contributed by atoms with Gasteiger partial charge in [0.2, 0.25) is 0 Å². The van der Waals surface area contributed by atoms with Crippen molar-refractivity contribution in [3.63, 3.8) is 0 Å². The Hall–Kier alpha value is -1.76. The molecule has 7 heteroatoms. The Labute approximate surface area is 117 Å². The molecule has 1 spiro atoms. The fraction of sp³-hybridized carbons (Fsp3) is 0.692. The number of nitrogens with zero attached hydrogens (tertiary/aromatic N) is 6. The molecule has 7 nitrogen and oxygen atoms in total. The van der Waals surface area contributed by atoms with E-state index in [0.717, 1.165) is 25.5 Å². The van der Waals surface area contributed by atoms with Crippen LogP contribution in [0.15, 0.2) is 12.1 Å². The first-order chi connectivity index (χ1) is 9.87. The lowest BCUT2D eigenvalue weighted by Gasteiger charge is -2.50. The van der Waals surface area contributed by atoms with Gasteiger partial charge in [-0.1, -0.05) is 19.3 Å². The van der Waals surface area contributed by atoms with Gasteiger partial charge in [0.15, 0.2) is 11.5 Å². The largest absolute Gasteiger partial charge is 0.347 e. The Morgan fingerprint density at radius 1 is 1.15 bits per heavy atom. The van der Waals surface area contributed by atoms with Gasteiger partial charge >= 0.3 is 0 Å². The molecule has 1 saturated heterocycles. The molecule has 0 bridgehead atoms. The lowest BCUT2D eigenvalue weighted by Crippen LogP contribution is -2.62. The summed E-state index contributed by atoms with van der Waals surface area (Å²) in [7, 11) is 0. The maximum Gasteiger partial charge on any atom is 0.200 e. The van der Waals surface area contributed by atoms with E-state index in [-0.39, 0.29) is 5.54 Å². The Kier molecular flexibility index (Phi) is 2.80. The van der Waals surface area contributed by atoms with E-state index in [4.69, 9.17) is 0 Å². The molecule has 20 heavy (non-hydrogen) atoms. The van der Waals surface area contributed by atoms with E-state index in [1.165, 1.54) is 36.7 Å². The number of anilines is 1. The summed E-state index contributed by atoms with van der Waals surface area (Å²) in [6.45, 7) is 3.07. The molecule has 106 valence electrons. The second-order valence-corrected chi connectivity index (χ2v) is 5.83. The first kappa shape index (κ1) is 12.0. The van der Waals surface area contributed by atoms with Crippen LogP contribution < -0.4 is 10.2 Å². The molecule has 0 aromatic carbocycles. The zero-order chi connectivity index (χ0) is 13.4. The van der Waals surface area contributed by atoms with Gasteiger partial charge in [0.25, 0.3) is 0 Å². The molecule has 1 N–H and O–H groups in total. The zero-order valence-corrected chi connectivity index (χ0v) is 11.5. The van der Waals surface area contributed by atoms with Crippen LogP contribution in [0, 0.1) is 0 Å². The van der Waals surface area contributed by atoms with Crippen LogP contribution in [-0.2, 0) is 0 Å². The predicted octanol–water partition coefficient (Wildman–Crippen LogP) is 0.632. The van der Waals surface area contributed by atoms with Crippen molar-refractivity contribution in [2.75, 3.05) is 24.5 Å². The van der Waals surface area contributed by atoms with Gasteiger partial charge in [-0.15, -0.1) is 14.8 Å². The van der Waals surface area contributed by atoms with Crippen LogP contribution in [0.1, 0.15) is 32.1 Å². The summed E-state index contributed by atoms with van der Waals surface area (Å²) >= 11 is 0. The highest BCUT2D eigenvalue weighted by Gasteiger charge is 2.40. The summed E-state index contributed by atoms with van der Waals surface area (Å²) in [5, 5.41) is 19.6. The predicted molar refractivity (Wildman–Crippen MR) is 74.6 cm³/mol. The van der Waals surface area contributed by atoms with Gasteiger partial charge < -0.3 is 10.2 Å². The molecule has 2 aromatic rings. The monoisotopic (exact) mass is 273 g/mol. The third kappa shape index (κ3) is 1.84. The third-order valence-electron chi connectivity index (χ3n) is 4.66. The summed E-state index contributed by atoms with van der Waals surface area (Å²) in [4.78, 5) is 2.48. The van der Waals surface area contributed by atoms with Crippen LogP contribution in [0.25, 0.3) is 5.65 Å². The quantitative estimate of drug-likeness (QED) is 0.822. The van der Waals surface area contributed by atoms with Gasteiger partial charge in [0, 0.05) is 19.6 Å². The van der Waals surface area contributed by atoms with Crippen LogP contribution in [-0.4, -0.2) is 50.4 Å². The minimum Gasteiger partial charge on any atom is -0.347 e. The summed E-state index contributed by atoms with van der Waals surface area (Å²) in [5.41, 5.74) is 0.923. The van der Waals surface area contributed by atoms with Gasteiger partial charge in [-0.3, -0.25) is 0 Å². The SMILES string of the molecule is c1cc2nnnn2nc1N1CCNCC12CCCCC2. The Bertz CT molecular complexity index is 593. The molecule has 4 rings (SSSR count). The molecule has 1 aliphatic carbocycles. The van der Waals surface area contributed by atoms with Crippen LogP contribution in [0.5, 0.6) is 0 Å². The number of hydrogen-bond donors (Lipinski definition) is 1. The maximum atomic E-state index is 4.59. The molecular formula is C13H19N7. The van der Waals surface area contributed by atoms with Gasteiger partial charge in [-0.25, -0.2) is 0 Å². The number of hydrogen-bond acceptors (Lipinski definition) is 6.